The van der Waals surface area contributed by atoms with Crippen LogP contribution in [0.2, 0.25) is 0 Å². The van der Waals surface area contributed by atoms with Crippen molar-refractivity contribution < 1.29 is 9.53 Å². The van der Waals surface area contributed by atoms with Crippen molar-refractivity contribution in [2.75, 3.05) is 26.3 Å². The van der Waals surface area contributed by atoms with E-state index in [0.29, 0.717) is 19.7 Å². The molecule has 22 heavy (non-hydrogen) atoms. The fourth-order valence-electron chi connectivity index (χ4n) is 2.07. The predicted octanol–water partition coefficient (Wildman–Crippen LogP) is 3.25. The molecular weight excluding hydrogens is 276 g/mol. The molecule has 2 N–H and O–H groups in total. The minimum atomic E-state index is -0.109. The molecule has 1 aromatic rings. The topological polar surface area (TPSA) is 50.4 Å². The highest BCUT2D eigenvalue weighted by atomic mass is 16.5. The Morgan fingerprint density at radius 2 is 1.73 bits per heavy atom. The van der Waals surface area contributed by atoms with Crippen molar-refractivity contribution in [1.29, 1.82) is 0 Å². The van der Waals surface area contributed by atoms with Crippen LogP contribution in [0, 0.1) is 0 Å². The van der Waals surface area contributed by atoms with Gasteiger partial charge in [0.05, 0.1) is 0 Å². The SMILES string of the molecule is CCOCCCNC(=O)NCCc1ccc(C(C)(C)C)cc1. The van der Waals surface area contributed by atoms with E-state index in [-0.39, 0.29) is 11.4 Å². The van der Waals surface area contributed by atoms with Crippen LogP contribution in [0.15, 0.2) is 24.3 Å². The summed E-state index contributed by atoms with van der Waals surface area (Å²) < 4.78 is 5.22. The van der Waals surface area contributed by atoms with Crippen molar-refractivity contribution >= 4 is 6.03 Å². The van der Waals surface area contributed by atoms with Crippen molar-refractivity contribution in [2.24, 2.45) is 0 Å². The molecule has 0 fully saturated rings. The number of ether oxygens (including phenoxy) is 1. The number of benzene rings is 1. The minimum Gasteiger partial charge on any atom is -0.382 e. The average molecular weight is 306 g/mol. The maximum absolute atomic E-state index is 11.6. The Kier molecular flexibility index (Phi) is 7.96. The third-order valence-corrected chi connectivity index (χ3v) is 3.47. The predicted molar refractivity (Wildman–Crippen MR) is 91.4 cm³/mol. The Morgan fingerprint density at radius 3 is 2.32 bits per heavy atom. The summed E-state index contributed by atoms with van der Waals surface area (Å²) in [6, 6.07) is 8.51. The van der Waals surface area contributed by atoms with Gasteiger partial charge in [-0.05, 0) is 36.3 Å². The first-order chi connectivity index (χ1) is 10.4. The van der Waals surface area contributed by atoms with Gasteiger partial charge in [0, 0.05) is 26.3 Å². The molecule has 0 aliphatic heterocycles. The van der Waals surface area contributed by atoms with E-state index in [1.54, 1.807) is 0 Å². The van der Waals surface area contributed by atoms with Gasteiger partial charge < -0.3 is 15.4 Å². The number of rotatable bonds is 8. The van der Waals surface area contributed by atoms with Crippen LogP contribution in [0.5, 0.6) is 0 Å². The van der Waals surface area contributed by atoms with E-state index in [0.717, 1.165) is 19.4 Å². The smallest absolute Gasteiger partial charge is 0.314 e. The van der Waals surface area contributed by atoms with E-state index in [4.69, 9.17) is 4.74 Å². The molecule has 0 spiro atoms. The standard InChI is InChI=1S/C18H30N2O2/c1-5-22-14-6-12-19-17(21)20-13-11-15-7-9-16(10-8-15)18(2,3)4/h7-10H,5-6,11-14H2,1-4H3,(H2,19,20,21). The molecule has 0 saturated carbocycles. The highest BCUT2D eigenvalue weighted by Gasteiger charge is 2.12. The van der Waals surface area contributed by atoms with Crippen LogP contribution < -0.4 is 10.6 Å². The van der Waals surface area contributed by atoms with Crippen LogP contribution in [0.1, 0.15) is 45.2 Å². The molecule has 0 atom stereocenters. The second-order valence-corrected chi connectivity index (χ2v) is 6.43. The Labute approximate surface area is 134 Å². The summed E-state index contributed by atoms with van der Waals surface area (Å²) in [5.74, 6) is 0. The summed E-state index contributed by atoms with van der Waals surface area (Å²) in [6.07, 6.45) is 1.69. The van der Waals surface area contributed by atoms with E-state index in [1.165, 1.54) is 11.1 Å². The zero-order valence-electron chi connectivity index (χ0n) is 14.4. The first kappa shape index (κ1) is 18.5. The Hall–Kier alpha value is -1.55. The average Bonchev–Trinajstić information content (AvgIpc) is 2.46. The molecule has 4 heteroatoms. The fourth-order valence-corrected chi connectivity index (χ4v) is 2.07. The van der Waals surface area contributed by atoms with Gasteiger partial charge >= 0.3 is 6.03 Å². The zero-order chi connectivity index (χ0) is 16.4. The molecule has 1 aromatic carbocycles. The molecule has 4 nitrogen and oxygen atoms in total. The third kappa shape index (κ3) is 7.46. The van der Waals surface area contributed by atoms with Crippen LogP contribution >= 0.6 is 0 Å². The maximum atomic E-state index is 11.6. The lowest BCUT2D eigenvalue weighted by Crippen LogP contribution is -2.37. The molecular formula is C18H30N2O2. The minimum absolute atomic E-state index is 0.109. The molecule has 2 amide bonds. The van der Waals surface area contributed by atoms with Gasteiger partial charge in [-0.3, -0.25) is 0 Å². The first-order valence-electron chi connectivity index (χ1n) is 8.12. The van der Waals surface area contributed by atoms with E-state index in [9.17, 15) is 4.79 Å². The number of carbonyl (C=O) groups excluding carboxylic acids is 1. The summed E-state index contributed by atoms with van der Waals surface area (Å²) >= 11 is 0. The van der Waals surface area contributed by atoms with Gasteiger partial charge in [0.2, 0.25) is 0 Å². The second-order valence-electron chi connectivity index (χ2n) is 6.43. The van der Waals surface area contributed by atoms with Crippen LogP contribution in [0.3, 0.4) is 0 Å². The van der Waals surface area contributed by atoms with Gasteiger partial charge in [0.25, 0.3) is 0 Å². The lowest BCUT2D eigenvalue weighted by Gasteiger charge is -2.19. The third-order valence-electron chi connectivity index (χ3n) is 3.47. The van der Waals surface area contributed by atoms with Crippen molar-refractivity contribution in [2.45, 2.75) is 46.0 Å². The van der Waals surface area contributed by atoms with Crippen molar-refractivity contribution in [1.82, 2.24) is 10.6 Å². The normalized spacial score (nSPS) is 11.3. The van der Waals surface area contributed by atoms with Gasteiger partial charge in [0.15, 0.2) is 0 Å². The Morgan fingerprint density at radius 1 is 1.09 bits per heavy atom. The van der Waals surface area contributed by atoms with Crippen molar-refractivity contribution in [3.63, 3.8) is 0 Å². The number of amides is 2. The summed E-state index contributed by atoms with van der Waals surface area (Å²) in [4.78, 5) is 11.6. The van der Waals surface area contributed by atoms with Gasteiger partial charge in [-0.1, -0.05) is 45.0 Å². The molecule has 0 aromatic heterocycles. The van der Waals surface area contributed by atoms with Crippen molar-refractivity contribution in [3.05, 3.63) is 35.4 Å². The molecule has 124 valence electrons. The van der Waals surface area contributed by atoms with E-state index >= 15 is 0 Å². The van der Waals surface area contributed by atoms with Crippen LogP contribution in [-0.2, 0) is 16.6 Å². The highest BCUT2D eigenvalue weighted by molar-refractivity contribution is 5.73. The fraction of sp³-hybridized carbons (Fsp3) is 0.611. The van der Waals surface area contributed by atoms with E-state index in [2.05, 4.69) is 55.7 Å². The molecule has 0 aliphatic carbocycles. The van der Waals surface area contributed by atoms with Crippen molar-refractivity contribution in [3.8, 4) is 0 Å². The van der Waals surface area contributed by atoms with Gasteiger partial charge in [0.1, 0.15) is 0 Å². The Bertz CT molecular complexity index is 435. The van der Waals surface area contributed by atoms with Gasteiger partial charge in [-0.15, -0.1) is 0 Å². The summed E-state index contributed by atoms with van der Waals surface area (Å²) in [5.41, 5.74) is 2.75. The van der Waals surface area contributed by atoms with E-state index < -0.39 is 0 Å². The van der Waals surface area contributed by atoms with Crippen LogP contribution in [-0.4, -0.2) is 32.3 Å². The lowest BCUT2D eigenvalue weighted by molar-refractivity contribution is 0.145. The summed E-state index contributed by atoms with van der Waals surface area (Å²) in [7, 11) is 0. The summed E-state index contributed by atoms with van der Waals surface area (Å²) in [5, 5.41) is 5.70. The molecule has 0 heterocycles. The van der Waals surface area contributed by atoms with Crippen LogP contribution in [0.25, 0.3) is 0 Å². The molecule has 0 saturated heterocycles. The zero-order valence-corrected chi connectivity index (χ0v) is 14.4. The number of urea groups is 1. The van der Waals surface area contributed by atoms with Gasteiger partial charge in [-0.2, -0.15) is 0 Å². The molecule has 0 unspecified atom stereocenters. The number of carbonyl (C=O) groups is 1. The largest absolute Gasteiger partial charge is 0.382 e. The number of nitrogens with one attached hydrogen (secondary N) is 2. The van der Waals surface area contributed by atoms with Crippen LogP contribution in [0.4, 0.5) is 4.79 Å². The highest BCUT2D eigenvalue weighted by Crippen LogP contribution is 2.22. The quantitative estimate of drug-likeness (QED) is 0.724. The van der Waals surface area contributed by atoms with E-state index in [1.807, 2.05) is 6.92 Å². The maximum Gasteiger partial charge on any atom is 0.314 e. The number of hydrogen-bond donors (Lipinski definition) is 2. The summed E-state index contributed by atoms with van der Waals surface area (Å²) in [6.45, 7) is 11.3. The first-order valence-corrected chi connectivity index (χ1v) is 8.12. The molecule has 0 radical (unpaired) electrons. The second kappa shape index (κ2) is 9.46. The lowest BCUT2D eigenvalue weighted by atomic mass is 9.86. The Balaban J connectivity index is 2.20. The molecule has 0 bridgehead atoms. The monoisotopic (exact) mass is 306 g/mol. The van der Waals surface area contributed by atoms with Gasteiger partial charge in [-0.25, -0.2) is 4.79 Å². The number of hydrogen-bond acceptors (Lipinski definition) is 2. The molecule has 1 rings (SSSR count). The molecule has 0 aliphatic rings.